The van der Waals surface area contributed by atoms with Crippen molar-refractivity contribution in [3.63, 3.8) is 0 Å². The summed E-state index contributed by atoms with van der Waals surface area (Å²) in [5, 5.41) is 0. The Morgan fingerprint density at radius 3 is 2.47 bits per heavy atom. The Hall–Kier alpha value is -3.10. The lowest BCUT2D eigenvalue weighted by molar-refractivity contribution is -0.136. The standard InChI is InChI=1S/C23H32N6O3/c1-6-27(7-2)22(31)18-13-24-21(26-17(18)5)19-10-8-9-11-28(19)20(30)14-29-16(4)12-15(3)25-23(29)32/h12-13,19H,6-11,14H2,1-5H3/t19-/m1/s1. The van der Waals surface area contributed by atoms with Crippen molar-refractivity contribution in [2.24, 2.45) is 0 Å². The monoisotopic (exact) mass is 440 g/mol. The Morgan fingerprint density at radius 2 is 1.84 bits per heavy atom. The van der Waals surface area contributed by atoms with Crippen molar-refractivity contribution in [1.82, 2.24) is 29.3 Å². The first-order valence-electron chi connectivity index (χ1n) is 11.2. The summed E-state index contributed by atoms with van der Waals surface area (Å²) in [6.07, 6.45) is 4.17. The number of likely N-dealkylation sites (tertiary alicyclic amines) is 1. The summed E-state index contributed by atoms with van der Waals surface area (Å²) in [4.78, 5) is 54.8. The Bertz CT molecular complexity index is 1060. The van der Waals surface area contributed by atoms with Gasteiger partial charge in [-0.3, -0.25) is 14.2 Å². The maximum atomic E-state index is 13.2. The van der Waals surface area contributed by atoms with Crippen molar-refractivity contribution in [2.75, 3.05) is 19.6 Å². The van der Waals surface area contributed by atoms with Crippen molar-refractivity contribution in [3.8, 4) is 0 Å². The van der Waals surface area contributed by atoms with E-state index >= 15 is 0 Å². The van der Waals surface area contributed by atoms with Gasteiger partial charge in [0, 0.05) is 37.2 Å². The third-order valence-electron chi connectivity index (χ3n) is 6.04. The topological polar surface area (TPSA) is 101 Å². The van der Waals surface area contributed by atoms with Gasteiger partial charge in [-0.1, -0.05) is 0 Å². The summed E-state index contributed by atoms with van der Waals surface area (Å²) in [6.45, 7) is 11.0. The first-order chi connectivity index (χ1) is 15.3. The van der Waals surface area contributed by atoms with Crippen LogP contribution in [0.4, 0.5) is 0 Å². The van der Waals surface area contributed by atoms with E-state index in [1.54, 1.807) is 42.8 Å². The van der Waals surface area contributed by atoms with Gasteiger partial charge in [0.1, 0.15) is 6.54 Å². The fourth-order valence-corrected chi connectivity index (χ4v) is 4.23. The van der Waals surface area contributed by atoms with Crippen LogP contribution in [0.2, 0.25) is 0 Å². The van der Waals surface area contributed by atoms with E-state index in [0.29, 0.717) is 48.1 Å². The second-order valence-electron chi connectivity index (χ2n) is 8.21. The molecule has 3 rings (SSSR count). The van der Waals surface area contributed by atoms with Crippen molar-refractivity contribution in [3.05, 3.63) is 51.2 Å². The predicted molar refractivity (Wildman–Crippen MR) is 120 cm³/mol. The van der Waals surface area contributed by atoms with Crippen LogP contribution in [0.25, 0.3) is 0 Å². The second kappa shape index (κ2) is 10.0. The highest BCUT2D eigenvalue weighted by molar-refractivity contribution is 5.94. The highest BCUT2D eigenvalue weighted by Gasteiger charge is 2.31. The molecule has 1 aliphatic rings. The van der Waals surface area contributed by atoms with Crippen molar-refractivity contribution in [2.45, 2.75) is 66.5 Å². The molecule has 0 aliphatic carbocycles. The Balaban J connectivity index is 1.85. The fourth-order valence-electron chi connectivity index (χ4n) is 4.23. The van der Waals surface area contributed by atoms with Crippen LogP contribution in [-0.4, -0.2) is 60.8 Å². The molecule has 9 heteroatoms. The molecule has 0 bridgehead atoms. The Morgan fingerprint density at radius 1 is 1.12 bits per heavy atom. The number of aryl methyl sites for hydroxylation is 3. The minimum absolute atomic E-state index is 0.0635. The van der Waals surface area contributed by atoms with Crippen LogP contribution < -0.4 is 5.69 Å². The summed E-state index contributed by atoms with van der Waals surface area (Å²) < 4.78 is 1.40. The Kier molecular flexibility index (Phi) is 7.37. The van der Waals surface area contributed by atoms with E-state index in [1.165, 1.54) is 4.57 Å². The van der Waals surface area contributed by atoms with Gasteiger partial charge in [-0.25, -0.2) is 14.8 Å². The van der Waals surface area contributed by atoms with Gasteiger partial charge in [0.2, 0.25) is 5.91 Å². The number of carbonyl (C=O) groups is 2. The molecular formula is C23H32N6O3. The molecule has 1 saturated heterocycles. The maximum absolute atomic E-state index is 13.2. The molecule has 0 aromatic carbocycles. The lowest BCUT2D eigenvalue weighted by atomic mass is 10.0. The lowest BCUT2D eigenvalue weighted by Gasteiger charge is -2.35. The van der Waals surface area contributed by atoms with Crippen molar-refractivity contribution in [1.29, 1.82) is 0 Å². The summed E-state index contributed by atoms with van der Waals surface area (Å²) in [6, 6.07) is 1.52. The van der Waals surface area contributed by atoms with Gasteiger partial charge < -0.3 is 9.80 Å². The van der Waals surface area contributed by atoms with Gasteiger partial charge in [-0.2, -0.15) is 4.98 Å². The van der Waals surface area contributed by atoms with Crippen LogP contribution in [0.3, 0.4) is 0 Å². The molecule has 0 unspecified atom stereocenters. The third-order valence-corrected chi connectivity index (χ3v) is 6.04. The fraction of sp³-hybridized carbons (Fsp3) is 0.565. The molecule has 32 heavy (non-hydrogen) atoms. The molecule has 0 spiro atoms. The van der Waals surface area contributed by atoms with Gasteiger partial charge in [-0.05, 0) is 59.9 Å². The molecule has 0 radical (unpaired) electrons. The number of carbonyl (C=O) groups excluding carboxylic acids is 2. The number of piperidine rings is 1. The highest BCUT2D eigenvalue weighted by atomic mass is 16.2. The molecule has 172 valence electrons. The van der Waals surface area contributed by atoms with Crippen LogP contribution in [0.15, 0.2) is 17.1 Å². The van der Waals surface area contributed by atoms with E-state index in [4.69, 9.17) is 0 Å². The third kappa shape index (κ3) is 4.87. The van der Waals surface area contributed by atoms with Crippen LogP contribution >= 0.6 is 0 Å². The van der Waals surface area contributed by atoms with E-state index in [9.17, 15) is 14.4 Å². The molecular weight excluding hydrogens is 408 g/mol. The average Bonchev–Trinajstić information content (AvgIpc) is 2.76. The minimum Gasteiger partial charge on any atom is -0.339 e. The smallest absolute Gasteiger partial charge is 0.339 e. The first kappa shape index (κ1) is 23.6. The molecule has 2 amide bonds. The number of rotatable bonds is 6. The highest BCUT2D eigenvalue weighted by Crippen LogP contribution is 2.29. The van der Waals surface area contributed by atoms with Gasteiger partial charge in [0.15, 0.2) is 5.82 Å². The summed E-state index contributed by atoms with van der Waals surface area (Å²) in [5.41, 5.74) is 2.01. The molecule has 9 nitrogen and oxygen atoms in total. The second-order valence-corrected chi connectivity index (χ2v) is 8.21. The largest absolute Gasteiger partial charge is 0.348 e. The number of hydrogen-bond donors (Lipinski definition) is 0. The minimum atomic E-state index is -0.421. The number of hydrogen-bond acceptors (Lipinski definition) is 6. The lowest BCUT2D eigenvalue weighted by Crippen LogP contribution is -2.43. The van der Waals surface area contributed by atoms with Crippen molar-refractivity contribution >= 4 is 11.8 Å². The van der Waals surface area contributed by atoms with E-state index in [1.807, 2.05) is 13.8 Å². The summed E-state index contributed by atoms with van der Waals surface area (Å²) in [7, 11) is 0. The molecule has 2 aromatic rings. The maximum Gasteiger partial charge on any atom is 0.348 e. The van der Waals surface area contributed by atoms with E-state index in [0.717, 1.165) is 19.3 Å². The summed E-state index contributed by atoms with van der Waals surface area (Å²) >= 11 is 0. The van der Waals surface area contributed by atoms with Crippen LogP contribution in [0.1, 0.15) is 72.4 Å². The number of nitrogens with zero attached hydrogens (tertiary/aromatic N) is 6. The molecule has 2 aromatic heterocycles. The predicted octanol–water partition coefficient (Wildman–Crippen LogP) is 2.19. The van der Waals surface area contributed by atoms with Gasteiger partial charge in [-0.15, -0.1) is 0 Å². The van der Waals surface area contributed by atoms with Crippen molar-refractivity contribution < 1.29 is 9.59 Å². The van der Waals surface area contributed by atoms with E-state index in [2.05, 4.69) is 15.0 Å². The zero-order valence-corrected chi connectivity index (χ0v) is 19.6. The van der Waals surface area contributed by atoms with Gasteiger partial charge >= 0.3 is 5.69 Å². The first-order valence-corrected chi connectivity index (χ1v) is 11.2. The molecule has 1 aliphatic heterocycles. The van der Waals surface area contributed by atoms with E-state index in [-0.39, 0.29) is 24.4 Å². The van der Waals surface area contributed by atoms with Crippen LogP contribution in [0.5, 0.6) is 0 Å². The summed E-state index contributed by atoms with van der Waals surface area (Å²) in [5.74, 6) is 0.296. The molecule has 0 saturated carbocycles. The quantitative estimate of drug-likeness (QED) is 0.682. The zero-order chi connectivity index (χ0) is 23.4. The normalized spacial score (nSPS) is 16.2. The molecule has 3 heterocycles. The average molecular weight is 441 g/mol. The van der Waals surface area contributed by atoms with Gasteiger partial charge in [0.25, 0.3) is 5.91 Å². The molecule has 1 atom stereocenters. The SMILES string of the molecule is CCN(CC)C(=O)c1cnc([C@H]2CCCCN2C(=O)Cn2c(C)cc(C)nc2=O)nc1C. The van der Waals surface area contributed by atoms with E-state index < -0.39 is 5.69 Å². The number of aromatic nitrogens is 4. The molecule has 0 N–H and O–H groups in total. The van der Waals surface area contributed by atoms with Gasteiger partial charge in [0.05, 0.1) is 17.3 Å². The molecule has 1 fully saturated rings. The number of amides is 2. The Labute approximate surface area is 188 Å². The van der Waals surface area contributed by atoms with Crippen LogP contribution in [-0.2, 0) is 11.3 Å². The van der Waals surface area contributed by atoms with Crippen LogP contribution in [0, 0.1) is 20.8 Å². The zero-order valence-electron chi connectivity index (χ0n) is 19.6.